The molecule has 9 heteroatoms. The average Bonchev–Trinajstić information content (AvgIpc) is 3.34. The van der Waals surface area contributed by atoms with Crippen LogP contribution in [0.3, 0.4) is 0 Å². The second-order valence-corrected chi connectivity index (χ2v) is 10.0. The summed E-state index contributed by atoms with van der Waals surface area (Å²) in [5.41, 5.74) is 4.91. The van der Waals surface area contributed by atoms with Gasteiger partial charge in [0.1, 0.15) is 5.65 Å². The van der Waals surface area contributed by atoms with Crippen LogP contribution in [0.1, 0.15) is 18.4 Å². The Morgan fingerprint density at radius 1 is 1.03 bits per heavy atom. The van der Waals surface area contributed by atoms with Crippen molar-refractivity contribution in [2.45, 2.75) is 25.4 Å². The molecule has 9 nitrogen and oxygen atoms in total. The van der Waals surface area contributed by atoms with E-state index in [4.69, 9.17) is 4.98 Å². The molecule has 2 aromatic carbocycles. The molecule has 1 aliphatic rings. The van der Waals surface area contributed by atoms with Gasteiger partial charge in [-0.25, -0.2) is 9.78 Å². The van der Waals surface area contributed by atoms with Crippen LogP contribution in [-0.2, 0) is 6.54 Å². The fourth-order valence-corrected chi connectivity index (χ4v) is 5.12. The van der Waals surface area contributed by atoms with Gasteiger partial charge in [-0.3, -0.25) is 4.90 Å². The molecule has 2 aromatic heterocycles. The van der Waals surface area contributed by atoms with Gasteiger partial charge in [0.15, 0.2) is 0 Å². The molecule has 0 atom stereocenters. The lowest BCUT2D eigenvalue weighted by molar-refractivity contribution is 0.249. The van der Waals surface area contributed by atoms with Crippen molar-refractivity contribution in [3.8, 4) is 0 Å². The number of aromatic nitrogens is 3. The summed E-state index contributed by atoms with van der Waals surface area (Å²) in [5, 5.41) is 7.01. The fourth-order valence-electron chi connectivity index (χ4n) is 5.12. The molecule has 2 amide bonds. The van der Waals surface area contributed by atoms with E-state index < -0.39 is 0 Å². The first-order valence-corrected chi connectivity index (χ1v) is 13.1. The van der Waals surface area contributed by atoms with E-state index in [1.165, 1.54) is 18.5 Å². The molecule has 1 saturated heterocycles. The summed E-state index contributed by atoms with van der Waals surface area (Å²) in [5.74, 6) is 0.549. The molecule has 0 aliphatic carbocycles. The highest BCUT2D eigenvalue weighted by atomic mass is 16.2. The Kier molecular flexibility index (Phi) is 7.46. The van der Waals surface area contributed by atoms with Gasteiger partial charge in [0.25, 0.3) is 0 Å². The summed E-state index contributed by atoms with van der Waals surface area (Å²) in [6.07, 6.45) is 6.22. The number of anilines is 4. The first kappa shape index (κ1) is 25.5. The summed E-state index contributed by atoms with van der Waals surface area (Å²) in [4.78, 5) is 28.0. The topological polar surface area (TPSA) is 81.6 Å². The molecule has 0 spiro atoms. The number of para-hydroxylation sites is 1. The monoisotopic (exact) mass is 512 g/mol. The Labute approximate surface area is 224 Å². The highest BCUT2D eigenvalue weighted by Crippen LogP contribution is 2.26. The van der Waals surface area contributed by atoms with Gasteiger partial charge in [0.2, 0.25) is 5.95 Å². The Morgan fingerprint density at radius 3 is 2.47 bits per heavy atom. The van der Waals surface area contributed by atoms with E-state index in [2.05, 4.69) is 68.3 Å². The zero-order valence-corrected chi connectivity index (χ0v) is 22.6. The number of nitrogens with one attached hydrogen (secondary N) is 2. The van der Waals surface area contributed by atoms with Crippen LogP contribution in [0.15, 0.2) is 67.0 Å². The van der Waals surface area contributed by atoms with Crippen LogP contribution >= 0.6 is 0 Å². The van der Waals surface area contributed by atoms with Gasteiger partial charge in [-0.05, 0) is 68.9 Å². The van der Waals surface area contributed by atoms with Gasteiger partial charge >= 0.3 is 6.03 Å². The predicted octanol–water partition coefficient (Wildman–Crippen LogP) is 4.53. The van der Waals surface area contributed by atoms with Crippen LogP contribution in [0.4, 0.5) is 27.8 Å². The Hall–Kier alpha value is -4.11. The summed E-state index contributed by atoms with van der Waals surface area (Å²) in [6.45, 7) is 2.74. The summed E-state index contributed by atoms with van der Waals surface area (Å²) in [6, 6.07) is 18.9. The Bertz CT molecular complexity index is 1390. The van der Waals surface area contributed by atoms with Crippen LogP contribution in [0, 0.1) is 0 Å². The van der Waals surface area contributed by atoms with Gasteiger partial charge in [-0.2, -0.15) is 4.98 Å². The number of rotatable bonds is 7. The van der Waals surface area contributed by atoms with Crippen molar-refractivity contribution in [2.75, 3.05) is 56.4 Å². The molecule has 0 bridgehead atoms. The molecule has 0 radical (unpaired) electrons. The molecular formula is C29H36N8O. The number of carbonyl (C=O) groups excluding carboxylic acids is 1. The number of amides is 2. The number of nitrogens with zero attached hydrogens (tertiary/aromatic N) is 6. The first-order valence-electron chi connectivity index (χ1n) is 13.1. The van der Waals surface area contributed by atoms with E-state index in [0.717, 1.165) is 41.1 Å². The lowest BCUT2D eigenvalue weighted by Gasteiger charge is -2.36. The third-order valence-electron chi connectivity index (χ3n) is 7.40. The molecule has 3 heterocycles. The zero-order valence-electron chi connectivity index (χ0n) is 22.6. The quantitative estimate of drug-likeness (QED) is 0.379. The van der Waals surface area contributed by atoms with Crippen molar-refractivity contribution in [1.82, 2.24) is 24.8 Å². The minimum atomic E-state index is -0.160. The van der Waals surface area contributed by atoms with E-state index >= 15 is 0 Å². The normalized spacial score (nSPS) is 14.2. The molecule has 1 fully saturated rings. The fraction of sp³-hybridized carbons (Fsp3) is 0.345. The number of benzene rings is 2. The number of hydrogen-bond donors (Lipinski definition) is 2. The standard InChI is InChI=1S/C29H36N8O/c1-30-29(38)35(4)26-8-6-5-7-22(26)20-37-16-13-21-19-31-28(33-27(21)37)32-23-9-11-25(12-10-23)36-17-14-24(15-18-36)34(2)3/h5-13,16,19,24H,14-15,17-18,20H2,1-4H3,(H,30,38)(H,31,32,33). The summed E-state index contributed by atoms with van der Waals surface area (Å²) in [7, 11) is 7.74. The minimum absolute atomic E-state index is 0.160. The smallest absolute Gasteiger partial charge is 0.321 e. The average molecular weight is 513 g/mol. The molecule has 4 aromatic rings. The molecule has 198 valence electrons. The van der Waals surface area contributed by atoms with Crippen molar-refractivity contribution >= 4 is 40.1 Å². The van der Waals surface area contributed by atoms with Gasteiger partial charge in [-0.15, -0.1) is 0 Å². The molecular weight excluding hydrogens is 476 g/mol. The van der Waals surface area contributed by atoms with E-state index in [9.17, 15) is 4.79 Å². The van der Waals surface area contributed by atoms with E-state index in [-0.39, 0.29) is 6.03 Å². The van der Waals surface area contributed by atoms with E-state index in [0.29, 0.717) is 18.5 Å². The molecule has 38 heavy (non-hydrogen) atoms. The second kappa shape index (κ2) is 11.1. The molecule has 0 unspecified atom stereocenters. The summed E-state index contributed by atoms with van der Waals surface area (Å²) < 4.78 is 2.08. The van der Waals surface area contributed by atoms with Crippen molar-refractivity contribution in [1.29, 1.82) is 0 Å². The number of carbonyl (C=O) groups is 1. The van der Waals surface area contributed by atoms with Crippen LogP contribution in [-0.4, -0.2) is 72.8 Å². The van der Waals surface area contributed by atoms with E-state index in [1.807, 2.05) is 42.7 Å². The van der Waals surface area contributed by atoms with Crippen LogP contribution in [0.25, 0.3) is 11.0 Å². The largest absolute Gasteiger partial charge is 0.371 e. The SMILES string of the molecule is CNC(=O)N(C)c1ccccc1Cn1ccc2cnc(Nc3ccc(N4CCC(N(C)C)CC4)cc3)nc21. The second-order valence-electron chi connectivity index (χ2n) is 10.0. The Balaban J connectivity index is 1.30. The molecule has 2 N–H and O–H groups in total. The van der Waals surface area contributed by atoms with Gasteiger partial charge in [0.05, 0.1) is 12.2 Å². The van der Waals surface area contributed by atoms with Crippen LogP contribution in [0.5, 0.6) is 0 Å². The first-order chi connectivity index (χ1) is 18.4. The number of urea groups is 1. The lowest BCUT2D eigenvalue weighted by atomic mass is 10.0. The van der Waals surface area contributed by atoms with Crippen LogP contribution < -0.4 is 20.4 Å². The minimum Gasteiger partial charge on any atom is -0.371 e. The number of hydrogen-bond acceptors (Lipinski definition) is 6. The maximum absolute atomic E-state index is 12.2. The highest BCUT2D eigenvalue weighted by Gasteiger charge is 2.20. The maximum atomic E-state index is 12.2. The van der Waals surface area contributed by atoms with Gasteiger partial charge in [-0.1, -0.05) is 18.2 Å². The van der Waals surface area contributed by atoms with Crippen LogP contribution in [0.2, 0.25) is 0 Å². The molecule has 5 rings (SSSR count). The zero-order chi connectivity index (χ0) is 26.6. The predicted molar refractivity (Wildman–Crippen MR) is 155 cm³/mol. The molecule has 1 aliphatic heterocycles. The van der Waals surface area contributed by atoms with E-state index in [1.54, 1.807) is 19.0 Å². The number of piperidine rings is 1. The third-order valence-corrected chi connectivity index (χ3v) is 7.40. The van der Waals surface area contributed by atoms with Crippen molar-refractivity contribution in [3.05, 3.63) is 72.6 Å². The van der Waals surface area contributed by atoms with Crippen molar-refractivity contribution in [2.24, 2.45) is 0 Å². The van der Waals surface area contributed by atoms with Gasteiger partial charge in [0, 0.05) is 62.4 Å². The van der Waals surface area contributed by atoms with Gasteiger partial charge < -0.3 is 25.0 Å². The lowest BCUT2D eigenvalue weighted by Crippen LogP contribution is -2.41. The molecule has 0 saturated carbocycles. The maximum Gasteiger partial charge on any atom is 0.321 e. The highest BCUT2D eigenvalue weighted by molar-refractivity contribution is 5.92. The Morgan fingerprint density at radius 2 is 1.76 bits per heavy atom. The number of fused-ring (bicyclic) bond motifs is 1. The van der Waals surface area contributed by atoms with Crippen molar-refractivity contribution in [3.63, 3.8) is 0 Å². The van der Waals surface area contributed by atoms with Crippen molar-refractivity contribution < 1.29 is 4.79 Å². The third kappa shape index (κ3) is 5.43. The summed E-state index contributed by atoms with van der Waals surface area (Å²) >= 11 is 0.